The monoisotopic (exact) mass is 285 g/mol. The molecule has 0 bridgehead atoms. The van der Waals surface area contributed by atoms with Crippen LogP contribution in [0.25, 0.3) is 6.08 Å². The molecule has 0 spiro atoms. The van der Waals surface area contributed by atoms with Gasteiger partial charge in [0.2, 0.25) is 11.8 Å². The highest BCUT2D eigenvalue weighted by atomic mass is 16.5. The van der Waals surface area contributed by atoms with E-state index in [0.717, 1.165) is 5.56 Å². The highest BCUT2D eigenvalue weighted by molar-refractivity contribution is 6.02. The molecule has 0 unspecified atom stereocenters. The van der Waals surface area contributed by atoms with Crippen LogP contribution in [-0.4, -0.2) is 30.1 Å². The van der Waals surface area contributed by atoms with Crippen LogP contribution in [0, 0.1) is 0 Å². The molecular formula is C15H15N3O3. The summed E-state index contributed by atoms with van der Waals surface area (Å²) in [6.45, 7) is 0. The third-order valence-electron chi connectivity index (χ3n) is 2.59. The van der Waals surface area contributed by atoms with Gasteiger partial charge < -0.3 is 14.8 Å². The van der Waals surface area contributed by atoms with Crippen molar-refractivity contribution in [3.63, 3.8) is 0 Å². The SMILES string of the molecule is COc1ncc(NC(=O)/C=C/c2ccccc2)c(OC)n1. The van der Waals surface area contributed by atoms with Gasteiger partial charge in [0.15, 0.2) is 0 Å². The van der Waals surface area contributed by atoms with Crippen LogP contribution in [0.4, 0.5) is 5.69 Å². The number of methoxy groups -OCH3 is 2. The maximum atomic E-state index is 11.9. The Balaban J connectivity index is 2.07. The number of ether oxygens (including phenoxy) is 2. The smallest absolute Gasteiger partial charge is 0.319 e. The van der Waals surface area contributed by atoms with E-state index in [0.29, 0.717) is 5.69 Å². The molecule has 0 saturated carbocycles. The summed E-state index contributed by atoms with van der Waals surface area (Å²) in [4.78, 5) is 19.8. The first-order valence-corrected chi connectivity index (χ1v) is 6.22. The summed E-state index contributed by atoms with van der Waals surface area (Å²) < 4.78 is 9.97. The molecule has 0 atom stereocenters. The summed E-state index contributed by atoms with van der Waals surface area (Å²) >= 11 is 0. The van der Waals surface area contributed by atoms with Gasteiger partial charge in [0.25, 0.3) is 0 Å². The van der Waals surface area contributed by atoms with Crippen LogP contribution in [0.15, 0.2) is 42.6 Å². The molecule has 1 heterocycles. The van der Waals surface area contributed by atoms with Gasteiger partial charge in [-0.3, -0.25) is 4.79 Å². The Morgan fingerprint density at radius 1 is 1.19 bits per heavy atom. The Bertz CT molecular complexity index is 642. The maximum absolute atomic E-state index is 11.9. The first kappa shape index (κ1) is 14.5. The molecule has 108 valence electrons. The van der Waals surface area contributed by atoms with E-state index >= 15 is 0 Å². The normalized spacial score (nSPS) is 10.4. The average Bonchev–Trinajstić information content (AvgIpc) is 2.54. The van der Waals surface area contributed by atoms with E-state index < -0.39 is 0 Å². The highest BCUT2D eigenvalue weighted by Crippen LogP contribution is 2.22. The van der Waals surface area contributed by atoms with Crippen molar-refractivity contribution in [1.29, 1.82) is 0 Å². The van der Waals surface area contributed by atoms with Crippen molar-refractivity contribution in [3.8, 4) is 11.9 Å². The Hall–Kier alpha value is -2.89. The number of anilines is 1. The fourth-order valence-electron chi connectivity index (χ4n) is 1.60. The summed E-state index contributed by atoms with van der Waals surface area (Å²) in [5.41, 5.74) is 1.31. The quantitative estimate of drug-likeness (QED) is 0.852. The number of carbonyl (C=O) groups is 1. The summed E-state index contributed by atoms with van der Waals surface area (Å²) in [5, 5.41) is 2.65. The lowest BCUT2D eigenvalue weighted by Crippen LogP contribution is -2.10. The fraction of sp³-hybridized carbons (Fsp3) is 0.133. The van der Waals surface area contributed by atoms with Crippen molar-refractivity contribution in [2.45, 2.75) is 0 Å². The Morgan fingerprint density at radius 2 is 1.95 bits per heavy atom. The van der Waals surface area contributed by atoms with Gasteiger partial charge in [-0.15, -0.1) is 0 Å². The molecule has 1 N–H and O–H groups in total. The molecule has 2 rings (SSSR count). The van der Waals surface area contributed by atoms with E-state index in [1.54, 1.807) is 6.08 Å². The van der Waals surface area contributed by atoms with Crippen LogP contribution in [0.1, 0.15) is 5.56 Å². The van der Waals surface area contributed by atoms with Gasteiger partial charge >= 0.3 is 6.01 Å². The average molecular weight is 285 g/mol. The number of nitrogens with one attached hydrogen (secondary N) is 1. The molecule has 1 amide bonds. The number of amides is 1. The predicted octanol–water partition coefficient (Wildman–Crippen LogP) is 2.15. The number of carbonyl (C=O) groups excluding carboxylic acids is 1. The van der Waals surface area contributed by atoms with Gasteiger partial charge in [-0.1, -0.05) is 30.3 Å². The first-order valence-electron chi connectivity index (χ1n) is 6.22. The zero-order chi connectivity index (χ0) is 15.1. The zero-order valence-corrected chi connectivity index (χ0v) is 11.7. The number of hydrogen-bond donors (Lipinski definition) is 1. The van der Waals surface area contributed by atoms with Crippen LogP contribution in [0.2, 0.25) is 0 Å². The van der Waals surface area contributed by atoms with Gasteiger partial charge in [0.1, 0.15) is 5.69 Å². The lowest BCUT2D eigenvalue weighted by molar-refractivity contribution is -0.111. The summed E-state index contributed by atoms with van der Waals surface area (Å²) in [6.07, 6.45) is 4.57. The molecule has 0 fully saturated rings. The van der Waals surface area contributed by atoms with E-state index in [-0.39, 0.29) is 17.8 Å². The second kappa shape index (κ2) is 7.04. The minimum atomic E-state index is -0.300. The Morgan fingerprint density at radius 3 is 2.62 bits per heavy atom. The van der Waals surface area contributed by atoms with Crippen molar-refractivity contribution < 1.29 is 14.3 Å². The van der Waals surface area contributed by atoms with Crippen LogP contribution >= 0.6 is 0 Å². The largest absolute Gasteiger partial charge is 0.479 e. The number of rotatable bonds is 5. The second-order valence-electron chi connectivity index (χ2n) is 4.01. The first-order chi connectivity index (χ1) is 10.2. The molecule has 1 aromatic heterocycles. The zero-order valence-electron chi connectivity index (χ0n) is 11.7. The number of hydrogen-bond acceptors (Lipinski definition) is 5. The van der Waals surface area contributed by atoms with Gasteiger partial charge in [-0.2, -0.15) is 4.98 Å². The minimum absolute atomic E-state index is 0.171. The highest BCUT2D eigenvalue weighted by Gasteiger charge is 2.09. The minimum Gasteiger partial charge on any atom is -0.479 e. The van der Waals surface area contributed by atoms with Gasteiger partial charge in [-0.05, 0) is 11.6 Å². The summed E-state index contributed by atoms with van der Waals surface area (Å²) in [6, 6.07) is 9.69. The molecule has 0 aliphatic carbocycles. The van der Waals surface area contributed by atoms with E-state index in [9.17, 15) is 4.79 Å². The molecule has 0 aliphatic rings. The lowest BCUT2D eigenvalue weighted by Gasteiger charge is -2.08. The maximum Gasteiger partial charge on any atom is 0.319 e. The molecule has 6 nitrogen and oxygen atoms in total. The molecule has 0 radical (unpaired) electrons. The van der Waals surface area contributed by atoms with Crippen LogP contribution in [0.5, 0.6) is 11.9 Å². The van der Waals surface area contributed by atoms with E-state index in [1.165, 1.54) is 26.5 Å². The summed E-state index contributed by atoms with van der Waals surface area (Å²) in [7, 11) is 2.91. The summed E-state index contributed by atoms with van der Waals surface area (Å²) in [5.74, 6) is -0.0609. The lowest BCUT2D eigenvalue weighted by atomic mass is 10.2. The molecule has 1 aromatic carbocycles. The van der Waals surface area contributed by atoms with Crippen molar-refractivity contribution in [3.05, 3.63) is 48.2 Å². The molecule has 0 aliphatic heterocycles. The van der Waals surface area contributed by atoms with Gasteiger partial charge in [0, 0.05) is 6.08 Å². The molecule has 0 saturated heterocycles. The molecule has 6 heteroatoms. The third-order valence-corrected chi connectivity index (χ3v) is 2.59. The predicted molar refractivity (Wildman–Crippen MR) is 79.2 cm³/mol. The topological polar surface area (TPSA) is 73.3 Å². The van der Waals surface area contributed by atoms with E-state index in [4.69, 9.17) is 9.47 Å². The van der Waals surface area contributed by atoms with Crippen molar-refractivity contribution in [1.82, 2.24) is 9.97 Å². The third kappa shape index (κ3) is 4.04. The molecule has 21 heavy (non-hydrogen) atoms. The number of benzene rings is 1. The van der Waals surface area contributed by atoms with Crippen LogP contribution in [-0.2, 0) is 4.79 Å². The molecular weight excluding hydrogens is 270 g/mol. The van der Waals surface area contributed by atoms with Gasteiger partial charge in [0.05, 0.1) is 20.4 Å². The number of aromatic nitrogens is 2. The number of nitrogens with zero attached hydrogens (tertiary/aromatic N) is 2. The van der Waals surface area contributed by atoms with Crippen LogP contribution in [0.3, 0.4) is 0 Å². The standard InChI is InChI=1S/C15H15N3O3/c1-20-14-12(10-16-15(18-14)21-2)17-13(19)9-8-11-6-4-3-5-7-11/h3-10H,1-2H3,(H,17,19)/b9-8+. The van der Waals surface area contributed by atoms with Crippen molar-refractivity contribution in [2.24, 2.45) is 0 Å². The second-order valence-corrected chi connectivity index (χ2v) is 4.01. The van der Waals surface area contributed by atoms with Crippen molar-refractivity contribution >= 4 is 17.7 Å². The van der Waals surface area contributed by atoms with E-state index in [2.05, 4.69) is 15.3 Å². The Labute approximate surface area is 122 Å². The Kier molecular flexibility index (Phi) is 4.87. The van der Waals surface area contributed by atoms with E-state index in [1.807, 2.05) is 30.3 Å². The molecule has 2 aromatic rings. The van der Waals surface area contributed by atoms with Crippen molar-refractivity contribution in [2.75, 3.05) is 19.5 Å². The van der Waals surface area contributed by atoms with Gasteiger partial charge in [-0.25, -0.2) is 4.98 Å². The van der Waals surface area contributed by atoms with Crippen LogP contribution < -0.4 is 14.8 Å². The fourth-order valence-corrected chi connectivity index (χ4v) is 1.60.